The Morgan fingerprint density at radius 1 is 1.14 bits per heavy atom. The molecule has 1 unspecified atom stereocenters. The lowest BCUT2D eigenvalue weighted by molar-refractivity contribution is -0.125. The summed E-state index contributed by atoms with van der Waals surface area (Å²) in [5, 5.41) is 13.0. The second-order valence-corrected chi connectivity index (χ2v) is 8.26. The fourth-order valence-electron chi connectivity index (χ4n) is 3.78. The smallest absolute Gasteiger partial charge is 0.228 e. The highest BCUT2D eigenvalue weighted by Gasteiger charge is 2.29. The second-order valence-electron chi connectivity index (χ2n) is 7.33. The highest BCUT2D eigenvalue weighted by molar-refractivity contribution is 7.19. The third-order valence-corrected chi connectivity index (χ3v) is 6.33. The van der Waals surface area contributed by atoms with E-state index in [1.54, 1.807) is 4.90 Å². The fraction of sp³-hybridized carbons (Fsp3) is 0.500. The summed E-state index contributed by atoms with van der Waals surface area (Å²) < 4.78 is 0. The zero-order chi connectivity index (χ0) is 19.3. The molecule has 0 radical (unpaired) electrons. The van der Waals surface area contributed by atoms with Crippen LogP contribution in [0.1, 0.15) is 31.2 Å². The van der Waals surface area contributed by atoms with E-state index in [-0.39, 0.29) is 17.7 Å². The first-order chi connectivity index (χ1) is 13.7. The number of nitrogens with one attached hydrogen (secondary N) is 1. The van der Waals surface area contributed by atoms with Crippen LogP contribution in [0.2, 0.25) is 0 Å². The van der Waals surface area contributed by atoms with Gasteiger partial charge in [-0.2, -0.15) is 0 Å². The highest BCUT2D eigenvalue weighted by Crippen LogP contribution is 2.32. The van der Waals surface area contributed by atoms with E-state index in [0.717, 1.165) is 43.9 Å². The number of carbonyl (C=O) groups excluding carboxylic acids is 2. The molecule has 0 aliphatic carbocycles. The van der Waals surface area contributed by atoms with Crippen LogP contribution >= 0.6 is 11.3 Å². The molecule has 1 atom stereocenters. The first kappa shape index (κ1) is 18.9. The molecule has 1 N–H and O–H groups in total. The normalized spacial score (nSPS) is 19.9. The molecule has 7 nitrogen and oxygen atoms in total. The molecule has 2 saturated heterocycles. The topological polar surface area (TPSA) is 78.4 Å². The van der Waals surface area contributed by atoms with Crippen LogP contribution in [0.25, 0.3) is 0 Å². The predicted octanol–water partition coefficient (Wildman–Crippen LogP) is 2.24. The molecule has 4 rings (SSSR count). The molecule has 2 aliphatic rings. The largest absolute Gasteiger partial charge is 0.355 e. The van der Waals surface area contributed by atoms with E-state index in [0.29, 0.717) is 24.6 Å². The standard InChI is InChI=1S/C20H25N5O2S/c26-17-9-5-13-25(17)20-23-22-19(28-20)24-12-4-8-16(14-24)18(27)21-11-10-15-6-2-1-3-7-15/h1-3,6-7,16H,4-5,8-14H2,(H,21,27). The number of carbonyl (C=O) groups is 2. The quantitative estimate of drug-likeness (QED) is 0.806. The Hall–Kier alpha value is -2.48. The molecule has 2 aromatic rings. The maximum absolute atomic E-state index is 12.6. The Balaban J connectivity index is 1.31. The molecule has 1 aromatic heterocycles. The van der Waals surface area contributed by atoms with Gasteiger partial charge in [-0.05, 0) is 31.2 Å². The van der Waals surface area contributed by atoms with Crippen molar-refractivity contribution in [2.45, 2.75) is 32.1 Å². The minimum atomic E-state index is -0.0368. The molecule has 3 heterocycles. The van der Waals surface area contributed by atoms with Gasteiger partial charge in [-0.15, -0.1) is 10.2 Å². The highest BCUT2D eigenvalue weighted by atomic mass is 32.1. The van der Waals surface area contributed by atoms with Crippen LogP contribution < -0.4 is 15.1 Å². The van der Waals surface area contributed by atoms with E-state index >= 15 is 0 Å². The summed E-state index contributed by atoms with van der Waals surface area (Å²) in [5.41, 5.74) is 1.23. The molecule has 0 spiro atoms. The van der Waals surface area contributed by atoms with E-state index in [2.05, 4.69) is 32.5 Å². The van der Waals surface area contributed by atoms with Crippen molar-refractivity contribution in [2.24, 2.45) is 5.92 Å². The van der Waals surface area contributed by atoms with Crippen LogP contribution in [0.5, 0.6) is 0 Å². The van der Waals surface area contributed by atoms with Crippen molar-refractivity contribution in [1.29, 1.82) is 0 Å². The fourth-order valence-corrected chi connectivity index (χ4v) is 4.70. The number of piperidine rings is 1. The Bertz CT molecular complexity index is 825. The molecular formula is C20H25N5O2S. The third-order valence-electron chi connectivity index (χ3n) is 5.33. The molecule has 1 aromatic carbocycles. The SMILES string of the molecule is O=C(NCCc1ccccc1)C1CCCN(c2nnc(N3CCCC3=O)s2)C1. The number of rotatable bonds is 6. The number of aromatic nitrogens is 2. The van der Waals surface area contributed by atoms with Crippen molar-refractivity contribution in [3.05, 3.63) is 35.9 Å². The van der Waals surface area contributed by atoms with Crippen LogP contribution in [0.4, 0.5) is 10.3 Å². The lowest BCUT2D eigenvalue weighted by atomic mass is 9.97. The van der Waals surface area contributed by atoms with Crippen LogP contribution in [0.3, 0.4) is 0 Å². The summed E-state index contributed by atoms with van der Waals surface area (Å²) in [6.07, 6.45) is 4.15. The van der Waals surface area contributed by atoms with Crippen molar-refractivity contribution < 1.29 is 9.59 Å². The summed E-state index contributed by atoms with van der Waals surface area (Å²) in [6, 6.07) is 10.2. The third kappa shape index (κ3) is 4.32. The van der Waals surface area contributed by atoms with Gasteiger partial charge in [-0.25, -0.2) is 0 Å². The van der Waals surface area contributed by atoms with Crippen molar-refractivity contribution in [2.75, 3.05) is 36.0 Å². The maximum Gasteiger partial charge on any atom is 0.228 e. The van der Waals surface area contributed by atoms with Gasteiger partial charge >= 0.3 is 0 Å². The van der Waals surface area contributed by atoms with Gasteiger partial charge in [-0.3, -0.25) is 14.5 Å². The molecule has 28 heavy (non-hydrogen) atoms. The van der Waals surface area contributed by atoms with E-state index in [1.165, 1.54) is 16.9 Å². The van der Waals surface area contributed by atoms with Gasteiger partial charge < -0.3 is 10.2 Å². The molecule has 0 saturated carbocycles. The number of hydrogen-bond donors (Lipinski definition) is 1. The number of amides is 2. The van der Waals surface area contributed by atoms with Gasteiger partial charge in [0, 0.05) is 32.6 Å². The Labute approximate surface area is 168 Å². The zero-order valence-electron chi connectivity index (χ0n) is 15.8. The minimum Gasteiger partial charge on any atom is -0.355 e. The lowest BCUT2D eigenvalue weighted by Crippen LogP contribution is -2.43. The van der Waals surface area contributed by atoms with Gasteiger partial charge in [0.2, 0.25) is 22.1 Å². The molecule has 148 valence electrons. The Morgan fingerprint density at radius 3 is 2.75 bits per heavy atom. The molecule has 8 heteroatoms. The van der Waals surface area contributed by atoms with Gasteiger partial charge in [-0.1, -0.05) is 41.7 Å². The minimum absolute atomic E-state index is 0.0368. The molecular weight excluding hydrogens is 374 g/mol. The van der Waals surface area contributed by atoms with Gasteiger partial charge in [0.25, 0.3) is 0 Å². The Kier molecular flexibility index (Phi) is 5.85. The van der Waals surface area contributed by atoms with Crippen LogP contribution in [-0.2, 0) is 16.0 Å². The zero-order valence-corrected chi connectivity index (χ0v) is 16.7. The molecule has 0 bridgehead atoms. The number of anilines is 2. The molecule has 2 fully saturated rings. The number of nitrogens with zero attached hydrogens (tertiary/aromatic N) is 4. The monoisotopic (exact) mass is 399 g/mol. The summed E-state index contributed by atoms with van der Waals surface area (Å²) in [6.45, 7) is 2.90. The first-order valence-corrected chi connectivity index (χ1v) is 10.7. The lowest BCUT2D eigenvalue weighted by Gasteiger charge is -2.31. The number of benzene rings is 1. The molecule has 2 amide bonds. The van der Waals surface area contributed by atoms with Crippen molar-refractivity contribution in [3.63, 3.8) is 0 Å². The van der Waals surface area contributed by atoms with Gasteiger partial charge in [0.1, 0.15) is 0 Å². The second kappa shape index (κ2) is 8.68. The maximum atomic E-state index is 12.6. The van der Waals surface area contributed by atoms with Crippen LogP contribution in [0.15, 0.2) is 30.3 Å². The van der Waals surface area contributed by atoms with E-state index in [1.807, 2.05) is 18.2 Å². The number of hydrogen-bond acceptors (Lipinski definition) is 6. The Morgan fingerprint density at radius 2 is 1.96 bits per heavy atom. The van der Waals surface area contributed by atoms with Crippen LogP contribution in [-0.4, -0.2) is 48.2 Å². The summed E-state index contributed by atoms with van der Waals surface area (Å²) in [4.78, 5) is 28.4. The molecule has 2 aliphatic heterocycles. The average molecular weight is 400 g/mol. The van der Waals surface area contributed by atoms with Gasteiger partial charge in [0.15, 0.2) is 0 Å². The summed E-state index contributed by atoms with van der Waals surface area (Å²) in [7, 11) is 0. The van der Waals surface area contributed by atoms with Crippen molar-refractivity contribution in [3.8, 4) is 0 Å². The van der Waals surface area contributed by atoms with E-state index in [9.17, 15) is 9.59 Å². The van der Waals surface area contributed by atoms with Crippen molar-refractivity contribution >= 4 is 33.4 Å². The van der Waals surface area contributed by atoms with Gasteiger partial charge in [0.05, 0.1) is 5.92 Å². The predicted molar refractivity (Wildman–Crippen MR) is 110 cm³/mol. The van der Waals surface area contributed by atoms with Crippen molar-refractivity contribution in [1.82, 2.24) is 15.5 Å². The summed E-state index contributed by atoms with van der Waals surface area (Å²) >= 11 is 1.45. The first-order valence-electron chi connectivity index (χ1n) is 9.91. The summed E-state index contributed by atoms with van der Waals surface area (Å²) in [5.74, 6) is 0.197. The van der Waals surface area contributed by atoms with E-state index in [4.69, 9.17) is 0 Å². The van der Waals surface area contributed by atoms with Crippen LogP contribution in [0, 0.1) is 5.92 Å². The average Bonchev–Trinajstić information content (AvgIpc) is 3.38. The van der Waals surface area contributed by atoms with E-state index < -0.39 is 0 Å².